The average molecular weight is 591 g/mol. The zero-order valence-electron chi connectivity index (χ0n) is 25.0. The van der Waals surface area contributed by atoms with Crippen LogP contribution in [-0.2, 0) is 0 Å². The third kappa shape index (κ3) is 4.34. The number of rotatable bonds is 4. The van der Waals surface area contributed by atoms with E-state index in [2.05, 4.69) is 180 Å². The third-order valence-corrected chi connectivity index (χ3v) is 9.19. The lowest BCUT2D eigenvalue weighted by Gasteiger charge is -2.10. The monoisotopic (exact) mass is 590 g/mol. The van der Waals surface area contributed by atoms with Gasteiger partial charge in [-0.05, 0) is 89.8 Å². The van der Waals surface area contributed by atoms with Gasteiger partial charge in [0.05, 0.1) is 22.1 Å². The maximum atomic E-state index is 2.41. The molecule has 0 unspecified atom stereocenters. The number of para-hydroxylation sites is 3. The highest BCUT2D eigenvalue weighted by molar-refractivity contribution is 6.13. The van der Waals surface area contributed by atoms with Gasteiger partial charge in [-0.1, -0.05) is 116 Å². The molecular weight excluding hydrogens is 556 g/mol. The van der Waals surface area contributed by atoms with Crippen molar-refractivity contribution in [2.75, 3.05) is 0 Å². The van der Waals surface area contributed by atoms with Crippen LogP contribution < -0.4 is 0 Å². The topological polar surface area (TPSA) is 9.86 Å². The molecule has 0 fully saturated rings. The molecule has 46 heavy (non-hydrogen) atoms. The van der Waals surface area contributed by atoms with Gasteiger partial charge >= 0.3 is 0 Å². The molecule has 2 heterocycles. The van der Waals surface area contributed by atoms with Crippen LogP contribution in [0.4, 0.5) is 0 Å². The van der Waals surface area contributed by atoms with E-state index < -0.39 is 0 Å². The number of aryl methyl sites for hydroxylation is 1. The van der Waals surface area contributed by atoms with E-state index in [9.17, 15) is 0 Å². The maximum absolute atomic E-state index is 2.41. The molecule has 0 amide bonds. The minimum Gasteiger partial charge on any atom is -0.309 e. The quantitative estimate of drug-likeness (QED) is 0.193. The molecule has 0 aliphatic heterocycles. The summed E-state index contributed by atoms with van der Waals surface area (Å²) < 4.78 is 4.78. The summed E-state index contributed by atoms with van der Waals surface area (Å²) in [5.41, 5.74) is 13.4. The normalized spacial score (nSPS) is 11.4. The fraction of sp³-hybridized carbons (Fsp3) is 0.0455. The van der Waals surface area contributed by atoms with Gasteiger partial charge in [-0.15, -0.1) is 0 Å². The molecule has 0 atom stereocenters. The van der Waals surface area contributed by atoms with Crippen LogP contribution in [0, 0.1) is 6.92 Å². The van der Waals surface area contributed by atoms with Crippen LogP contribution in [0.2, 0.25) is 0 Å². The number of hydrogen-bond acceptors (Lipinski definition) is 0. The zero-order valence-corrected chi connectivity index (χ0v) is 25.0. The number of hydrogen-bond donors (Lipinski definition) is 0. The zero-order chi connectivity index (χ0) is 29.9. The highest BCUT2D eigenvalue weighted by atomic mass is 15.0. The van der Waals surface area contributed by atoms with Crippen LogP contribution in [0.5, 0.6) is 0 Å². The Morgan fingerprint density at radius 3 is 1.37 bits per heavy atom. The Balaban J connectivity index is 0.00000312. The van der Waals surface area contributed by atoms with Gasteiger partial charge in [-0.2, -0.15) is 0 Å². The second-order valence-electron chi connectivity index (χ2n) is 11.9. The predicted molar refractivity (Wildman–Crippen MR) is 197 cm³/mol. The fourth-order valence-electron chi connectivity index (χ4n) is 6.99. The van der Waals surface area contributed by atoms with Crippen LogP contribution >= 0.6 is 0 Å². The van der Waals surface area contributed by atoms with Crippen molar-refractivity contribution in [3.05, 3.63) is 169 Å². The SMILES string of the molecule is C.Cc1ccc(-c2ccc3c4cc(-c5ccc6c(c5)c5ccccc5n6-c5ccccc5)ccc4n(-c4ccccc4)c3c2)cc1. The summed E-state index contributed by atoms with van der Waals surface area (Å²) in [6.07, 6.45) is 0. The largest absolute Gasteiger partial charge is 0.309 e. The van der Waals surface area contributed by atoms with Gasteiger partial charge in [0, 0.05) is 32.9 Å². The average Bonchev–Trinajstić information content (AvgIpc) is 3.61. The van der Waals surface area contributed by atoms with E-state index in [1.807, 2.05) is 0 Å². The van der Waals surface area contributed by atoms with E-state index in [0.29, 0.717) is 0 Å². The van der Waals surface area contributed by atoms with Crippen molar-refractivity contribution in [3.8, 4) is 33.6 Å². The lowest BCUT2D eigenvalue weighted by molar-refractivity contribution is 1.18. The second-order valence-corrected chi connectivity index (χ2v) is 11.9. The van der Waals surface area contributed by atoms with Crippen LogP contribution in [-0.4, -0.2) is 9.13 Å². The minimum absolute atomic E-state index is 0. The fourth-order valence-corrected chi connectivity index (χ4v) is 6.99. The molecule has 2 nitrogen and oxygen atoms in total. The molecule has 7 aromatic carbocycles. The van der Waals surface area contributed by atoms with Gasteiger partial charge in [0.25, 0.3) is 0 Å². The van der Waals surface area contributed by atoms with Crippen molar-refractivity contribution in [2.45, 2.75) is 14.4 Å². The smallest absolute Gasteiger partial charge is 0.0547 e. The van der Waals surface area contributed by atoms with Crippen molar-refractivity contribution in [1.82, 2.24) is 9.13 Å². The van der Waals surface area contributed by atoms with E-state index in [-0.39, 0.29) is 7.43 Å². The van der Waals surface area contributed by atoms with Crippen molar-refractivity contribution < 1.29 is 0 Å². The standard InChI is InChI=1S/C43H30N2.CH4/c1-29-16-18-30(19-17-29)33-20-23-37-39-27-32(22-25-42(39)45(43(37)28-33)35-12-6-3-7-13-35)31-21-24-41-38(26-31)36-14-8-9-15-40(36)44(41)34-10-4-2-5-11-34;/h2-28H,1H3;1H4. The Morgan fingerprint density at radius 1 is 0.326 bits per heavy atom. The Kier molecular flexibility index (Phi) is 6.58. The molecule has 0 aliphatic carbocycles. The minimum atomic E-state index is 0. The summed E-state index contributed by atoms with van der Waals surface area (Å²) in [6.45, 7) is 2.14. The van der Waals surface area contributed by atoms with Crippen molar-refractivity contribution in [3.63, 3.8) is 0 Å². The Hall–Kier alpha value is -5.86. The molecule has 2 heteroatoms. The first kappa shape index (κ1) is 27.7. The van der Waals surface area contributed by atoms with Gasteiger partial charge in [-0.25, -0.2) is 0 Å². The van der Waals surface area contributed by atoms with Crippen LogP contribution in [0.15, 0.2) is 164 Å². The summed E-state index contributed by atoms with van der Waals surface area (Å²) in [5.74, 6) is 0. The molecular formula is C44H34N2. The van der Waals surface area contributed by atoms with Crippen LogP contribution in [0.3, 0.4) is 0 Å². The summed E-state index contributed by atoms with van der Waals surface area (Å²) >= 11 is 0. The van der Waals surface area contributed by atoms with E-state index in [1.54, 1.807) is 0 Å². The molecule has 0 aliphatic rings. The van der Waals surface area contributed by atoms with Gasteiger partial charge in [0.2, 0.25) is 0 Å². The predicted octanol–water partition coefficient (Wildman–Crippen LogP) is 12.2. The van der Waals surface area contributed by atoms with Crippen molar-refractivity contribution in [1.29, 1.82) is 0 Å². The second kappa shape index (κ2) is 10.9. The summed E-state index contributed by atoms with van der Waals surface area (Å²) in [7, 11) is 0. The first-order valence-corrected chi connectivity index (χ1v) is 15.5. The molecule has 0 saturated carbocycles. The molecule has 0 radical (unpaired) electrons. The Bertz CT molecular complexity index is 2510. The number of aromatic nitrogens is 2. The van der Waals surface area contributed by atoms with Gasteiger partial charge in [-0.3, -0.25) is 0 Å². The van der Waals surface area contributed by atoms with Crippen molar-refractivity contribution >= 4 is 43.6 Å². The van der Waals surface area contributed by atoms with E-state index in [1.165, 1.54) is 82.8 Å². The Labute approximate surface area is 269 Å². The first-order valence-electron chi connectivity index (χ1n) is 15.5. The molecule has 9 rings (SSSR count). The lowest BCUT2D eigenvalue weighted by atomic mass is 9.99. The molecule has 0 saturated heterocycles. The summed E-state index contributed by atoms with van der Waals surface area (Å²) in [6, 6.07) is 59.7. The van der Waals surface area contributed by atoms with Gasteiger partial charge < -0.3 is 9.13 Å². The molecule has 9 aromatic rings. The van der Waals surface area contributed by atoms with E-state index in [0.717, 1.165) is 0 Å². The third-order valence-electron chi connectivity index (χ3n) is 9.19. The van der Waals surface area contributed by atoms with E-state index in [4.69, 9.17) is 0 Å². The summed E-state index contributed by atoms with van der Waals surface area (Å²) in [4.78, 5) is 0. The van der Waals surface area contributed by atoms with Gasteiger partial charge in [0.15, 0.2) is 0 Å². The number of nitrogens with zero attached hydrogens (tertiary/aromatic N) is 2. The molecule has 220 valence electrons. The maximum Gasteiger partial charge on any atom is 0.0547 e. The van der Waals surface area contributed by atoms with Crippen molar-refractivity contribution in [2.24, 2.45) is 0 Å². The molecule has 0 spiro atoms. The summed E-state index contributed by atoms with van der Waals surface area (Å²) in [5, 5.41) is 5.05. The van der Waals surface area contributed by atoms with Crippen LogP contribution in [0.25, 0.3) is 77.2 Å². The molecule has 0 N–H and O–H groups in total. The molecule has 2 aromatic heterocycles. The number of benzene rings is 7. The lowest BCUT2D eigenvalue weighted by Crippen LogP contribution is -1.93. The Morgan fingerprint density at radius 2 is 0.761 bits per heavy atom. The first-order chi connectivity index (χ1) is 22.2. The highest BCUT2D eigenvalue weighted by Crippen LogP contribution is 2.39. The molecule has 0 bridgehead atoms. The highest BCUT2D eigenvalue weighted by Gasteiger charge is 2.16. The number of fused-ring (bicyclic) bond motifs is 6. The van der Waals surface area contributed by atoms with Gasteiger partial charge in [0.1, 0.15) is 0 Å². The van der Waals surface area contributed by atoms with Crippen LogP contribution in [0.1, 0.15) is 13.0 Å². The van der Waals surface area contributed by atoms with E-state index >= 15 is 0 Å².